The summed E-state index contributed by atoms with van der Waals surface area (Å²) >= 11 is 7.89. The van der Waals surface area contributed by atoms with Gasteiger partial charge < -0.3 is 48.9 Å². The summed E-state index contributed by atoms with van der Waals surface area (Å²) in [7, 11) is 0. The Hall–Kier alpha value is -4.46. The van der Waals surface area contributed by atoms with E-state index in [9.17, 15) is 9.59 Å². The number of hydrogen-bond donors (Lipinski definition) is 3. The highest BCUT2D eigenvalue weighted by molar-refractivity contribution is 7.15. The number of thiophene rings is 1. The Morgan fingerprint density at radius 2 is 1.31 bits per heavy atom. The van der Waals surface area contributed by atoms with Crippen molar-refractivity contribution in [2.75, 3.05) is 97.8 Å². The van der Waals surface area contributed by atoms with Crippen LogP contribution in [0.25, 0.3) is 5.00 Å². The molecule has 0 bridgehead atoms. The molecule has 314 valence electrons. The van der Waals surface area contributed by atoms with Crippen molar-refractivity contribution >= 4 is 46.3 Å². The standard InChI is InChI=1S/C40H51ClN6O10S/c1-27-28(2)58-39-36(27)37(30-4-6-31(41)7-5-30)44-34(38-46-45-29(3)47(38)39)26-35(48)43-32-8-10-33(11-9-32)57-25-24-56-23-22-55-21-20-54-19-18-53-17-16-52-15-14-51-13-12-42-40(49)50/h4-11,34,42H,12-26H2,1-3H3,(H,43,48)(H,49,50)/t34-/m0/s1. The Kier molecular flexibility index (Phi) is 18.3. The molecule has 58 heavy (non-hydrogen) atoms. The second kappa shape index (κ2) is 23.8. The van der Waals surface area contributed by atoms with Crippen LogP contribution in [0.5, 0.6) is 5.75 Å². The number of rotatable bonds is 26. The Morgan fingerprint density at radius 1 is 0.759 bits per heavy atom. The molecule has 4 aromatic rings. The third-order valence-corrected chi connectivity index (χ3v) is 10.2. The Bertz CT molecular complexity index is 1920. The van der Waals surface area contributed by atoms with Gasteiger partial charge in [0.1, 0.15) is 29.2 Å². The van der Waals surface area contributed by atoms with E-state index in [0.29, 0.717) is 108 Å². The number of carbonyl (C=O) groups excluding carboxylic acids is 1. The van der Waals surface area contributed by atoms with Crippen LogP contribution in [0.4, 0.5) is 10.5 Å². The number of anilines is 1. The van der Waals surface area contributed by atoms with Crippen LogP contribution in [0.1, 0.15) is 45.7 Å². The molecule has 0 aliphatic carbocycles. The summed E-state index contributed by atoms with van der Waals surface area (Å²) in [6, 6.07) is 14.2. The van der Waals surface area contributed by atoms with Crippen molar-refractivity contribution in [2.24, 2.45) is 4.99 Å². The highest BCUT2D eigenvalue weighted by Gasteiger charge is 2.32. The number of halogens is 1. The van der Waals surface area contributed by atoms with Gasteiger partial charge in [0, 0.05) is 33.3 Å². The van der Waals surface area contributed by atoms with Gasteiger partial charge in [-0.05, 0) is 62.7 Å². The van der Waals surface area contributed by atoms with Crippen LogP contribution < -0.4 is 15.4 Å². The summed E-state index contributed by atoms with van der Waals surface area (Å²) in [4.78, 5) is 30.1. The van der Waals surface area contributed by atoms with Crippen LogP contribution in [0, 0.1) is 20.8 Å². The van der Waals surface area contributed by atoms with Crippen LogP contribution in [-0.2, 0) is 33.2 Å². The number of ether oxygens (including phenoxy) is 7. The predicted octanol–water partition coefficient (Wildman–Crippen LogP) is 5.57. The molecule has 0 spiro atoms. The molecule has 3 N–H and O–H groups in total. The van der Waals surface area contributed by atoms with Gasteiger partial charge in [0.25, 0.3) is 0 Å². The number of carboxylic acid groups (broad SMARTS) is 1. The molecule has 16 nitrogen and oxygen atoms in total. The lowest BCUT2D eigenvalue weighted by molar-refractivity contribution is -0.116. The van der Waals surface area contributed by atoms with Crippen LogP contribution >= 0.6 is 22.9 Å². The van der Waals surface area contributed by atoms with E-state index in [0.717, 1.165) is 33.2 Å². The monoisotopic (exact) mass is 842 g/mol. The molecule has 1 atom stereocenters. The number of carbonyl (C=O) groups is 2. The molecule has 0 unspecified atom stereocenters. The van der Waals surface area contributed by atoms with Crippen LogP contribution in [0.3, 0.4) is 0 Å². The number of hydrogen-bond acceptors (Lipinski definition) is 13. The zero-order chi connectivity index (χ0) is 41.1. The van der Waals surface area contributed by atoms with Crippen molar-refractivity contribution in [2.45, 2.75) is 33.2 Å². The summed E-state index contributed by atoms with van der Waals surface area (Å²) in [6.07, 6.45) is -1.00. The average molecular weight is 843 g/mol. The Morgan fingerprint density at radius 3 is 1.88 bits per heavy atom. The van der Waals surface area contributed by atoms with Crippen molar-refractivity contribution in [1.29, 1.82) is 0 Å². The summed E-state index contributed by atoms with van der Waals surface area (Å²) in [5.41, 5.74) is 4.48. The molecule has 2 aromatic carbocycles. The minimum Gasteiger partial charge on any atom is -0.491 e. The van der Waals surface area contributed by atoms with Gasteiger partial charge in [-0.25, -0.2) is 4.79 Å². The molecule has 5 rings (SSSR count). The van der Waals surface area contributed by atoms with Crippen molar-refractivity contribution < 1.29 is 47.9 Å². The minimum absolute atomic E-state index is 0.0683. The molecule has 3 heterocycles. The van der Waals surface area contributed by atoms with Gasteiger partial charge in [-0.2, -0.15) is 0 Å². The molecule has 2 aromatic heterocycles. The number of nitrogens with one attached hydrogen (secondary N) is 2. The molecule has 1 aliphatic rings. The van der Waals surface area contributed by atoms with E-state index >= 15 is 0 Å². The second-order valence-electron chi connectivity index (χ2n) is 12.9. The number of amides is 2. The lowest BCUT2D eigenvalue weighted by Crippen LogP contribution is -2.25. The van der Waals surface area contributed by atoms with Crippen molar-refractivity contribution in [1.82, 2.24) is 20.1 Å². The van der Waals surface area contributed by atoms with Crippen LogP contribution in [0.15, 0.2) is 53.5 Å². The molecule has 0 radical (unpaired) electrons. The maximum absolute atomic E-state index is 13.5. The highest BCUT2D eigenvalue weighted by Crippen LogP contribution is 2.39. The topological polar surface area (TPSA) is 186 Å². The van der Waals surface area contributed by atoms with E-state index in [-0.39, 0.29) is 18.9 Å². The van der Waals surface area contributed by atoms with Crippen LogP contribution in [0.2, 0.25) is 5.02 Å². The molecule has 1 aliphatic heterocycles. The number of aromatic nitrogens is 3. The first-order valence-electron chi connectivity index (χ1n) is 19.0. The number of nitrogens with zero attached hydrogens (tertiary/aromatic N) is 4. The van der Waals surface area contributed by atoms with Crippen molar-refractivity contribution in [3.8, 4) is 10.8 Å². The van der Waals surface area contributed by atoms with E-state index in [4.69, 9.17) is 54.9 Å². The minimum atomic E-state index is -1.07. The van der Waals surface area contributed by atoms with Gasteiger partial charge in [-0.1, -0.05) is 23.7 Å². The molecule has 0 saturated heterocycles. The highest BCUT2D eigenvalue weighted by atomic mass is 35.5. The second-order valence-corrected chi connectivity index (χ2v) is 14.6. The first-order valence-corrected chi connectivity index (χ1v) is 20.2. The van der Waals surface area contributed by atoms with Gasteiger partial charge in [0.2, 0.25) is 5.91 Å². The summed E-state index contributed by atoms with van der Waals surface area (Å²) in [5, 5.41) is 24.2. The van der Waals surface area contributed by atoms with Gasteiger partial charge in [-0.3, -0.25) is 14.4 Å². The number of benzene rings is 2. The normalized spacial score (nSPS) is 13.4. The average Bonchev–Trinajstić information content (AvgIpc) is 3.69. The van der Waals surface area contributed by atoms with E-state index in [1.165, 1.54) is 4.88 Å². The molecule has 0 fully saturated rings. The fourth-order valence-corrected chi connectivity index (χ4v) is 7.14. The Balaban J connectivity index is 0.935. The zero-order valence-corrected chi connectivity index (χ0v) is 34.6. The van der Waals surface area contributed by atoms with E-state index < -0.39 is 12.1 Å². The summed E-state index contributed by atoms with van der Waals surface area (Å²) in [5.74, 6) is 1.80. The van der Waals surface area contributed by atoms with Gasteiger partial charge in [0.15, 0.2) is 5.82 Å². The number of aliphatic imine (C=N–C) groups is 1. The first kappa shape index (κ1) is 44.6. The third-order valence-electron chi connectivity index (χ3n) is 8.75. The molecule has 2 amide bonds. The molecule has 18 heteroatoms. The lowest BCUT2D eigenvalue weighted by atomic mass is 9.99. The largest absolute Gasteiger partial charge is 0.491 e. The molecular formula is C40H51ClN6O10S. The van der Waals surface area contributed by atoms with Crippen molar-refractivity contribution in [3.63, 3.8) is 0 Å². The fourth-order valence-electron chi connectivity index (χ4n) is 5.80. The van der Waals surface area contributed by atoms with Gasteiger partial charge in [-0.15, -0.1) is 21.5 Å². The fraction of sp³-hybridized carbons (Fsp3) is 0.475. The van der Waals surface area contributed by atoms with Crippen LogP contribution in [-0.4, -0.2) is 130 Å². The summed E-state index contributed by atoms with van der Waals surface area (Å²) < 4.78 is 40.5. The van der Waals surface area contributed by atoms with Gasteiger partial charge in [0.05, 0.1) is 91.4 Å². The maximum atomic E-state index is 13.5. The Labute approximate surface area is 346 Å². The number of aryl methyl sites for hydroxylation is 2. The zero-order valence-electron chi connectivity index (χ0n) is 33.0. The van der Waals surface area contributed by atoms with E-state index in [2.05, 4.69) is 34.7 Å². The van der Waals surface area contributed by atoms with E-state index in [1.54, 1.807) is 35.6 Å². The first-order chi connectivity index (χ1) is 28.2. The summed E-state index contributed by atoms with van der Waals surface area (Å²) in [6.45, 7) is 11.8. The number of fused-ring (bicyclic) bond motifs is 3. The molecular weight excluding hydrogens is 792 g/mol. The van der Waals surface area contributed by atoms with Gasteiger partial charge >= 0.3 is 6.09 Å². The van der Waals surface area contributed by atoms with Crippen molar-refractivity contribution in [3.05, 3.63) is 86.8 Å². The lowest BCUT2D eigenvalue weighted by Gasteiger charge is -2.13. The SMILES string of the molecule is Cc1sc2c(c1C)C(c1ccc(Cl)cc1)=N[C@@H](CC(=O)Nc1ccc(OCCOCCOCCOCCOCCOCCOCCNC(=O)O)cc1)c1nnc(C)n1-2. The smallest absolute Gasteiger partial charge is 0.404 e. The van der Waals surface area contributed by atoms with E-state index in [1.807, 2.05) is 35.8 Å². The maximum Gasteiger partial charge on any atom is 0.404 e. The predicted molar refractivity (Wildman–Crippen MR) is 219 cm³/mol. The molecule has 0 saturated carbocycles. The third kappa shape index (κ3) is 13.8. The quantitative estimate of drug-likeness (QED) is 0.0669.